The van der Waals surface area contributed by atoms with Crippen molar-refractivity contribution in [2.45, 2.75) is 32.7 Å². The highest BCUT2D eigenvalue weighted by Gasteiger charge is 2.36. The van der Waals surface area contributed by atoms with Crippen molar-refractivity contribution < 1.29 is 14.6 Å². The van der Waals surface area contributed by atoms with Crippen molar-refractivity contribution in [3.63, 3.8) is 0 Å². The summed E-state index contributed by atoms with van der Waals surface area (Å²) in [4.78, 5) is 17.2. The maximum Gasteiger partial charge on any atom is 0.326 e. The molecule has 0 saturated carbocycles. The normalized spacial score (nSPS) is 24.3. The van der Waals surface area contributed by atoms with Gasteiger partial charge in [0.15, 0.2) is 0 Å². The van der Waals surface area contributed by atoms with Crippen LogP contribution in [0.15, 0.2) is 39.9 Å². The summed E-state index contributed by atoms with van der Waals surface area (Å²) >= 11 is 1.60. The highest BCUT2D eigenvalue weighted by atomic mass is 32.2. The molecule has 1 aromatic carbocycles. The first-order chi connectivity index (χ1) is 11.4. The average molecular weight is 346 g/mol. The third kappa shape index (κ3) is 3.59. The molecule has 1 heterocycles. The van der Waals surface area contributed by atoms with Crippen LogP contribution in [0.5, 0.6) is 5.75 Å². The molecule has 0 bridgehead atoms. The highest BCUT2D eigenvalue weighted by Crippen LogP contribution is 2.43. The second kappa shape index (κ2) is 6.51. The molecular weight excluding hydrogens is 324 g/mol. The van der Waals surface area contributed by atoms with Crippen LogP contribution in [0.4, 0.5) is 5.69 Å². The summed E-state index contributed by atoms with van der Waals surface area (Å²) in [6, 6.07) is 7.15. The summed E-state index contributed by atoms with van der Waals surface area (Å²) in [6.07, 6.45) is 1.73. The van der Waals surface area contributed by atoms with Crippen LogP contribution < -0.4 is 10.1 Å². The molecule has 24 heavy (non-hydrogen) atoms. The molecule has 1 unspecified atom stereocenters. The van der Waals surface area contributed by atoms with E-state index in [4.69, 9.17) is 9.73 Å². The number of thioether (sulfide) groups is 1. The third-order valence-electron chi connectivity index (χ3n) is 4.21. The van der Waals surface area contributed by atoms with Gasteiger partial charge in [-0.15, -0.1) is 11.8 Å². The molecule has 0 fully saturated rings. The number of carboxylic acid groups (broad SMARTS) is 1. The molecule has 0 aromatic heterocycles. The molecule has 0 saturated heterocycles. The molecule has 1 aromatic rings. The Morgan fingerprint density at radius 3 is 2.67 bits per heavy atom. The fourth-order valence-electron chi connectivity index (χ4n) is 3.07. The predicted molar refractivity (Wildman–Crippen MR) is 97.1 cm³/mol. The monoisotopic (exact) mass is 346 g/mol. The second-order valence-electron chi connectivity index (χ2n) is 6.93. The lowest BCUT2D eigenvalue weighted by Crippen LogP contribution is -2.44. The van der Waals surface area contributed by atoms with E-state index in [0.29, 0.717) is 5.75 Å². The molecule has 0 amide bonds. The van der Waals surface area contributed by atoms with Crippen molar-refractivity contribution in [2.75, 3.05) is 12.9 Å². The quantitative estimate of drug-likeness (QED) is 0.875. The largest absolute Gasteiger partial charge is 0.497 e. The van der Waals surface area contributed by atoms with Crippen molar-refractivity contribution >= 4 is 29.1 Å². The van der Waals surface area contributed by atoms with Gasteiger partial charge in [-0.1, -0.05) is 13.8 Å². The Labute approximate surface area is 146 Å². The molecule has 0 radical (unpaired) electrons. The van der Waals surface area contributed by atoms with Crippen LogP contribution in [-0.2, 0) is 4.79 Å². The van der Waals surface area contributed by atoms with Crippen LogP contribution >= 0.6 is 11.8 Å². The number of nitrogens with one attached hydrogen (secondary N) is 1. The molecule has 0 spiro atoms. The van der Waals surface area contributed by atoms with Crippen LogP contribution in [0.1, 0.15) is 26.7 Å². The summed E-state index contributed by atoms with van der Waals surface area (Å²) in [5, 5.41) is 12.5. The van der Waals surface area contributed by atoms with Gasteiger partial charge in [0.25, 0.3) is 0 Å². The zero-order chi connectivity index (χ0) is 17.3. The Kier molecular flexibility index (Phi) is 4.58. The first-order valence-corrected chi connectivity index (χ1v) is 8.94. The second-order valence-corrected chi connectivity index (χ2v) is 7.96. The molecule has 2 aliphatic rings. The molecule has 128 valence electrons. The van der Waals surface area contributed by atoms with Gasteiger partial charge in [0.05, 0.1) is 18.5 Å². The van der Waals surface area contributed by atoms with Gasteiger partial charge in [-0.25, -0.2) is 4.79 Å². The zero-order valence-corrected chi connectivity index (χ0v) is 14.9. The number of nitrogens with zero attached hydrogens (tertiary/aromatic N) is 1. The molecule has 5 nitrogen and oxygen atoms in total. The Bertz CT molecular complexity index is 707. The van der Waals surface area contributed by atoms with Gasteiger partial charge in [-0.2, -0.15) is 0 Å². The van der Waals surface area contributed by atoms with Crippen molar-refractivity contribution in [2.24, 2.45) is 10.4 Å². The number of carbonyl (C=O) groups is 1. The maximum absolute atomic E-state index is 11.3. The lowest BCUT2D eigenvalue weighted by molar-refractivity contribution is -0.138. The summed E-state index contributed by atoms with van der Waals surface area (Å²) in [7, 11) is 1.64. The van der Waals surface area contributed by atoms with E-state index >= 15 is 0 Å². The van der Waals surface area contributed by atoms with Crippen LogP contribution in [-0.4, -0.2) is 35.7 Å². The molecule has 1 atom stereocenters. The predicted octanol–water partition coefficient (Wildman–Crippen LogP) is 3.59. The van der Waals surface area contributed by atoms with E-state index in [0.717, 1.165) is 40.6 Å². The van der Waals surface area contributed by atoms with Crippen LogP contribution in [0.2, 0.25) is 0 Å². The Morgan fingerprint density at radius 1 is 1.33 bits per heavy atom. The number of methoxy groups -OCH3 is 1. The first kappa shape index (κ1) is 16.9. The van der Waals surface area contributed by atoms with Crippen molar-refractivity contribution in [3.05, 3.63) is 34.9 Å². The van der Waals surface area contributed by atoms with Gasteiger partial charge in [0.1, 0.15) is 11.8 Å². The van der Waals surface area contributed by atoms with E-state index < -0.39 is 12.0 Å². The molecular formula is C18H22N2O3S. The lowest BCUT2D eigenvalue weighted by Gasteiger charge is -2.38. The van der Waals surface area contributed by atoms with E-state index in [1.54, 1.807) is 18.9 Å². The van der Waals surface area contributed by atoms with E-state index in [2.05, 4.69) is 19.2 Å². The first-order valence-electron chi connectivity index (χ1n) is 7.95. The Balaban J connectivity index is 1.94. The summed E-state index contributed by atoms with van der Waals surface area (Å²) in [6.45, 7) is 4.38. The zero-order valence-electron chi connectivity index (χ0n) is 14.1. The number of carboxylic acids is 1. The number of aliphatic imine (C=N–C) groups is 1. The molecule has 6 heteroatoms. The highest BCUT2D eigenvalue weighted by molar-refractivity contribution is 8.04. The average Bonchev–Trinajstić information content (AvgIpc) is 2.54. The smallest absolute Gasteiger partial charge is 0.326 e. The Hall–Kier alpha value is -1.95. The minimum absolute atomic E-state index is 0.0537. The van der Waals surface area contributed by atoms with E-state index in [9.17, 15) is 9.90 Å². The number of ether oxygens (including phenoxy) is 1. The topological polar surface area (TPSA) is 70.9 Å². The van der Waals surface area contributed by atoms with Crippen LogP contribution in [0.25, 0.3) is 0 Å². The van der Waals surface area contributed by atoms with Crippen molar-refractivity contribution in [1.82, 2.24) is 5.32 Å². The number of benzene rings is 1. The standard InChI is InChI=1S/C18H22N2O3S/c1-18(2)8-13(19-11-4-6-12(23-3)7-5-11)16-14(9-18)20-15(10-24-16)17(21)22/h4-7,15,20H,8-10H2,1-3H3,(H,21,22)/b19-13-. The Morgan fingerprint density at radius 2 is 2.04 bits per heavy atom. The van der Waals surface area contributed by atoms with Gasteiger partial charge < -0.3 is 15.2 Å². The van der Waals surface area contributed by atoms with E-state index in [1.807, 2.05) is 24.3 Å². The molecule has 1 aliphatic heterocycles. The SMILES string of the molecule is COc1ccc(/N=C2/CC(C)(C)CC3=C2SCC(C(=O)O)N3)cc1. The molecule has 2 N–H and O–H groups in total. The van der Waals surface area contributed by atoms with E-state index in [-0.39, 0.29) is 5.41 Å². The molecule has 1 aliphatic carbocycles. The third-order valence-corrected chi connectivity index (χ3v) is 5.49. The summed E-state index contributed by atoms with van der Waals surface area (Å²) < 4.78 is 5.18. The number of hydrogen-bond acceptors (Lipinski definition) is 5. The summed E-state index contributed by atoms with van der Waals surface area (Å²) in [5.41, 5.74) is 2.99. The van der Waals surface area contributed by atoms with Crippen LogP contribution in [0, 0.1) is 5.41 Å². The van der Waals surface area contributed by atoms with Gasteiger partial charge in [-0.3, -0.25) is 4.99 Å². The minimum atomic E-state index is -0.800. The number of rotatable bonds is 3. The maximum atomic E-state index is 11.3. The fourth-order valence-corrected chi connectivity index (χ4v) is 4.22. The van der Waals surface area contributed by atoms with Gasteiger partial charge in [-0.05, 0) is 42.5 Å². The number of aliphatic carboxylic acids is 1. The van der Waals surface area contributed by atoms with Gasteiger partial charge in [0, 0.05) is 16.4 Å². The van der Waals surface area contributed by atoms with Crippen molar-refractivity contribution in [3.8, 4) is 5.75 Å². The van der Waals surface area contributed by atoms with E-state index in [1.165, 1.54) is 0 Å². The van der Waals surface area contributed by atoms with Gasteiger partial charge >= 0.3 is 5.97 Å². The van der Waals surface area contributed by atoms with Gasteiger partial charge in [0.2, 0.25) is 0 Å². The van der Waals surface area contributed by atoms with Crippen LogP contribution in [0.3, 0.4) is 0 Å². The summed E-state index contributed by atoms with van der Waals surface area (Å²) in [5.74, 6) is 0.530. The van der Waals surface area contributed by atoms with Crippen molar-refractivity contribution in [1.29, 1.82) is 0 Å². The number of hydrogen-bond donors (Lipinski definition) is 2. The number of allylic oxidation sites excluding steroid dienone is 2. The minimum Gasteiger partial charge on any atom is -0.497 e. The lowest BCUT2D eigenvalue weighted by atomic mass is 9.78. The molecule has 3 rings (SSSR count). The fraction of sp³-hybridized carbons (Fsp3) is 0.444.